The molecule has 1 aliphatic carbocycles. The second kappa shape index (κ2) is 11.7. The Morgan fingerprint density at radius 2 is 2.00 bits per heavy atom. The predicted molar refractivity (Wildman–Crippen MR) is 170 cm³/mol. The van der Waals surface area contributed by atoms with Crippen molar-refractivity contribution in [1.82, 2.24) is 20.2 Å². The van der Waals surface area contributed by atoms with Crippen LogP contribution in [0.2, 0.25) is 0 Å². The molecule has 1 amide bonds. The maximum absolute atomic E-state index is 12.3. The number of aromatic nitrogens is 2. The maximum atomic E-state index is 12.3. The van der Waals surface area contributed by atoms with Crippen LogP contribution in [0.25, 0.3) is 0 Å². The number of carbonyl (C=O) groups excluding carboxylic acids is 1. The van der Waals surface area contributed by atoms with Crippen LogP contribution in [-0.2, 0) is 28.8 Å². The van der Waals surface area contributed by atoms with Crippen LogP contribution in [0, 0.1) is 0 Å². The third-order valence-corrected chi connectivity index (χ3v) is 9.71. The molecule has 0 spiro atoms. The van der Waals surface area contributed by atoms with Crippen LogP contribution < -0.4 is 20.0 Å². The minimum Gasteiger partial charge on any atom is -0.378 e. The second-order valence-electron chi connectivity index (χ2n) is 11.1. The van der Waals surface area contributed by atoms with Crippen molar-refractivity contribution in [3.63, 3.8) is 0 Å². The van der Waals surface area contributed by atoms with Gasteiger partial charge in [0, 0.05) is 50.5 Å². The number of hydrogen-bond donors (Lipinski definition) is 1. The molecule has 6 rings (SSSR count). The number of carbonyl (C=O) groups is 1. The van der Waals surface area contributed by atoms with E-state index in [2.05, 4.69) is 46.0 Å². The molecule has 9 nitrogen and oxygen atoms in total. The SMILES string of the molecule is C=CC(=O)N1CCN(c2nc(N3C[C@@H](OC)[C@@H](NC)C3=S)nc3c2CC[C@@H](N2CCCc4ccccc42)C3)CC1=S. The lowest BCUT2D eigenvalue weighted by Gasteiger charge is -2.41. The highest BCUT2D eigenvalue weighted by Gasteiger charge is 2.40. The number of rotatable bonds is 6. The fraction of sp³-hybridized carbons (Fsp3) is 0.500. The first-order valence-corrected chi connectivity index (χ1v) is 15.2. The lowest BCUT2D eigenvalue weighted by atomic mass is 9.88. The third-order valence-electron chi connectivity index (χ3n) is 8.89. The molecule has 216 valence electrons. The van der Waals surface area contributed by atoms with Crippen molar-refractivity contribution in [3.8, 4) is 0 Å². The molecular weight excluding hydrogens is 555 g/mol. The van der Waals surface area contributed by atoms with Crippen molar-refractivity contribution in [1.29, 1.82) is 0 Å². The molecule has 2 fully saturated rings. The molecule has 0 unspecified atom stereocenters. The summed E-state index contributed by atoms with van der Waals surface area (Å²) in [5.41, 5.74) is 5.04. The van der Waals surface area contributed by atoms with Crippen LogP contribution in [0.1, 0.15) is 29.7 Å². The Kier molecular flexibility index (Phi) is 8.04. The van der Waals surface area contributed by atoms with Crippen LogP contribution in [-0.4, -0.2) is 95.8 Å². The zero-order valence-corrected chi connectivity index (χ0v) is 25.3. The van der Waals surface area contributed by atoms with Crippen LogP contribution in [0.4, 0.5) is 17.5 Å². The van der Waals surface area contributed by atoms with Gasteiger partial charge in [0.15, 0.2) is 0 Å². The average molecular weight is 592 g/mol. The van der Waals surface area contributed by atoms with Crippen LogP contribution >= 0.6 is 24.4 Å². The van der Waals surface area contributed by atoms with Crippen molar-refractivity contribution in [2.24, 2.45) is 0 Å². The van der Waals surface area contributed by atoms with E-state index >= 15 is 0 Å². The summed E-state index contributed by atoms with van der Waals surface area (Å²) in [5, 5.41) is 3.30. The van der Waals surface area contributed by atoms with Crippen molar-refractivity contribution in [3.05, 3.63) is 53.7 Å². The third kappa shape index (κ3) is 5.13. The van der Waals surface area contributed by atoms with Gasteiger partial charge in [-0.15, -0.1) is 0 Å². The molecule has 4 aliphatic rings. The van der Waals surface area contributed by atoms with Crippen LogP contribution in [0.3, 0.4) is 0 Å². The van der Waals surface area contributed by atoms with Gasteiger partial charge in [-0.1, -0.05) is 49.2 Å². The van der Waals surface area contributed by atoms with E-state index in [0.29, 0.717) is 43.2 Å². The summed E-state index contributed by atoms with van der Waals surface area (Å²) in [7, 11) is 3.62. The van der Waals surface area contributed by atoms with Gasteiger partial charge in [-0.3, -0.25) is 9.69 Å². The highest BCUT2D eigenvalue weighted by Crippen LogP contribution is 2.37. The monoisotopic (exact) mass is 591 g/mol. The summed E-state index contributed by atoms with van der Waals surface area (Å²) in [4.78, 5) is 32.5. The van der Waals surface area contributed by atoms with Gasteiger partial charge in [0.1, 0.15) is 15.8 Å². The fourth-order valence-electron chi connectivity index (χ4n) is 6.76. The molecule has 0 saturated carbocycles. The number of para-hydroxylation sites is 1. The molecule has 2 saturated heterocycles. The van der Waals surface area contributed by atoms with Crippen molar-refractivity contribution in [2.75, 3.05) is 61.6 Å². The summed E-state index contributed by atoms with van der Waals surface area (Å²) in [5.74, 6) is 1.36. The van der Waals surface area contributed by atoms with Crippen molar-refractivity contribution >= 4 is 57.8 Å². The number of likely N-dealkylation sites (N-methyl/N-ethyl adjacent to an activating group) is 1. The number of amides is 1. The number of methoxy groups -OCH3 is 1. The average Bonchev–Trinajstić information content (AvgIpc) is 3.34. The van der Waals surface area contributed by atoms with E-state index in [-0.39, 0.29) is 18.1 Å². The van der Waals surface area contributed by atoms with E-state index < -0.39 is 0 Å². The summed E-state index contributed by atoms with van der Waals surface area (Å²) in [6, 6.07) is 9.08. The van der Waals surface area contributed by atoms with Gasteiger partial charge in [-0.25, -0.2) is 4.98 Å². The summed E-state index contributed by atoms with van der Waals surface area (Å²) >= 11 is 11.6. The molecule has 3 aliphatic heterocycles. The summed E-state index contributed by atoms with van der Waals surface area (Å²) in [6.07, 6.45) is 6.29. The van der Waals surface area contributed by atoms with E-state index in [1.54, 1.807) is 12.0 Å². The topological polar surface area (TPSA) is 77.1 Å². The maximum Gasteiger partial charge on any atom is 0.250 e. The normalized spacial score (nSPS) is 24.4. The van der Waals surface area contributed by atoms with Gasteiger partial charge in [0.2, 0.25) is 5.95 Å². The van der Waals surface area contributed by atoms with Crippen molar-refractivity contribution in [2.45, 2.75) is 50.3 Å². The Hall–Kier alpha value is -2.99. The Morgan fingerprint density at radius 1 is 1.17 bits per heavy atom. The lowest BCUT2D eigenvalue weighted by Crippen LogP contribution is -2.52. The number of hydrogen-bond acceptors (Lipinski definition) is 9. The largest absolute Gasteiger partial charge is 0.378 e. The number of aryl methyl sites for hydroxylation is 1. The number of nitrogens with one attached hydrogen (secondary N) is 1. The molecule has 41 heavy (non-hydrogen) atoms. The Bertz CT molecular complexity index is 1380. The number of nitrogens with zero attached hydrogens (tertiary/aromatic N) is 6. The second-order valence-corrected chi connectivity index (χ2v) is 12.0. The molecule has 11 heteroatoms. The number of anilines is 3. The summed E-state index contributed by atoms with van der Waals surface area (Å²) < 4.78 is 5.76. The number of piperazine rings is 1. The highest BCUT2D eigenvalue weighted by molar-refractivity contribution is 7.80. The highest BCUT2D eigenvalue weighted by atomic mass is 32.1. The molecule has 0 radical (unpaired) electrons. The van der Waals surface area contributed by atoms with Crippen molar-refractivity contribution < 1.29 is 9.53 Å². The quantitative estimate of drug-likeness (QED) is 0.400. The van der Waals surface area contributed by atoms with E-state index in [4.69, 9.17) is 39.1 Å². The van der Waals surface area contributed by atoms with Gasteiger partial charge < -0.3 is 24.8 Å². The molecule has 3 atom stereocenters. The van der Waals surface area contributed by atoms with E-state index in [0.717, 1.165) is 55.1 Å². The Morgan fingerprint density at radius 3 is 2.73 bits per heavy atom. The molecule has 1 aromatic heterocycles. The number of ether oxygens (including phenoxy) is 1. The first-order valence-electron chi connectivity index (χ1n) is 14.4. The number of fused-ring (bicyclic) bond motifs is 2. The number of thiocarbonyl (C=S) groups is 2. The van der Waals surface area contributed by atoms with E-state index in [1.165, 1.54) is 22.9 Å². The Balaban J connectivity index is 1.36. The smallest absolute Gasteiger partial charge is 0.250 e. The molecule has 1 N–H and O–H groups in total. The molecule has 4 heterocycles. The first-order chi connectivity index (χ1) is 19.9. The Labute approximate surface area is 252 Å². The van der Waals surface area contributed by atoms with Gasteiger partial charge in [0.05, 0.1) is 30.9 Å². The minimum atomic E-state index is -0.157. The summed E-state index contributed by atoms with van der Waals surface area (Å²) in [6.45, 7) is 6.86. The van der Waals surface area contributed by atoms with Crippen LogP contribution in [0.15, 0.2) is 36.9 Å². The molecule has 1 aromatic carbocycles. The fourth-order valence-corrected chi connectivity index (χ4v) is 7.52. The standard InChI is InChI=1S/C30H37N7O2S2/c1-4-25(38)36-15-14-34(18-26(36)40)28-21-12-11-20(35-13-7-9-19-8-5-6-10-23(19)35)16-22(21)32-30(33-28)37-17-24(39-3)27(31-2)29(37)41/h4-6,8,10,20,24,27,31H,1,7,9,11-18H2,2-3H3/t20-,24-,27-/m1/s1. The van der Waals surface area contributed by atoms with Gasteiger partial charge in [-0.2, -0.15) is 4.98 Å². The van der Waals surface area contributed by atoms with Gasteiger partial charge in [0.25, 0.3) is 5.91 Å². The minimum absolute atomic E-state index is 0.0864. The van der Waals surface area contributed by atoms with Crippen LogP contribution in [0.5, 0.6) is 0 Å². The first kappa shape index (κ1) is 28.1. The van der Waals surface area contributed by atoms with E-state index in [9.17, 15) is 4.79 Å². The lowest BCUT2D eigenvalue weighted by molar-refractivity contribution is -0.122. The zero-order valence-electron chi connectivity index (χ0n) is 23.7. The van der Waals surface area contributed by atoms with Gasteiger partial charge >= 0.3 is 0 Å². The molecule has 2 aromatic rings. The number of benzene rings is 1. The molecular formula is C30H37N7O2S2. The van der Waals surface area contributed by atoms with Gasteiger partial charge in [-0.05, 0) is 50.4 Å². The van der Waals surface area contributed by atoms with E-state index in [1.807, 2.05) is 11.9 Å². The predicted octanol–water partition coefficient (Wildman–Crippen LogP) is 2.70. The zero-order chi connectivity index (χ0) is 28.7. The molecule has 0 bridgehead atoms.